The number of aromatic nitrogens is 1. The van der Waals surface area contributed by atoms with E-state index in [1.165, 1.54) is 53.8 Å². The minimum atomic E-state index is -0.516. The number of para-hydroxylation sites is 1. The number of carbonyl (C=O) groups excluding carboxylic acids is 1. The molecule has 8 heteroatoms. The van der Waals surface area contributed by atoms with Crippen molar-refractivity contribution in [2.45, 2.75) is 6.54 Å². The van der Waals surface area contributed by atoms with Gasteiger partial charge < -0.3 is 4.57 Å². The number of fused-ring (bicyclic) bond motifs is 1. The van der Waals surface area contributed by atoms with Crippen LogP contribution in [0.2, 0.25) is 0 Å². The molecule has 0 spiro atoms. The van der Waals surface area contributed by atoms with Crippen LogP contribution in [0.5, 0.6) is 0 Å². The Bertz CT molecular complexity index is 1130. The summed E-state index contributed by atoms with van der Waals surface area (Å²) in [6, 6.07) is 10.5. The number of nitro groups is 1. The molecule has 2 aromatic carbocycles. The molecule has 27 heavy (non-hydrogen) atoms. The average molecular weight is 383 g/mol. The number of hydrogen-bond acceptors (Lipinski definition) is 4. The van der Waals surface area contributed by atoms with Crippen LogP contribution >= 0.6 is 11.3 Å². The van der Waals surface area contributed by atoms with Crippen molar-refractivity contribution in [3.8, 4) is 0 Å². The molecule has 0 fully saturated rings. The summed E-state index contributed by atoms with van der Waals surface area (Å²) in [5.74, 6) is -0.904. The van der Waals surface area contributed by atoms with Gasteiger partial charge in [0, 0.05) is 24.8 Å². The van der Waals surface area contributed by atoms with Crippen LogP contribution < -0.4 is 4.80 Å². The Kier molecular flexibility index (Phi) is 5.37. The van der Waals surface area contributed by atoms with Gasteiger partial charge in [-0.1, -0.05) is 23.5 Å². The number of hydrogen-bond donors (Lipinski definition) is 0. The maximum atomic E-state index is 14.1. The highest BCUT2D eigenvalue weighted by molar-refractivity contribution is 7.16. The van der Waals surface area contributed by atoms with Crippen LogP contribution in [0, 0.1) is 15.9 Å². The standard InChI is InChI=1S/C19H14FN3O3S/c1-2-12-22-18-15(20)4-3-5-16(18)27-19(22)21-17(24)11-8-13-6-9-14(10-7-13)23(25)26/h2-11H,1,12H2/b11-8-,21-19?. The van der Waals surface area contributed by atoms with Crippen molar-refractivity contribution in [3.63, 3.8) is 0 Å². The molecule has 3 rings (SSSR count). The quantitative estimate of drug-likeness (QED) is 0.288. The summed E-state index contributed by atoms with van der Waals surface area (Å²) in [6.07, 6.45) is 4.39. The lowest BCUT2D eigenvalue weighted by Crippen LogP contribution is -2.16. The molecule has 1 aromatic heterocycles. The minimum absolute atomic E-state index is 0.0269. The Hall–Kier alpha value is -3.39. The maximum absolute atomic E-state index is 14.1. The van der Waals surface area contributed by atoms with Gasteiger partial charge in [-0.2, -0.15) is 4.99 Å². The molecule has 0 aliphatic heterocycles. The van der Waals surface area contributed by atoms with Crippen molar-refractivity contribution >= 4 is 39.2 Å². The Morgan fingerprint density at radius 2 is 2.04 bits per heavy atom. The van der Waals surface area contributed by atoms with Gasteiger partial charge >= 0.3 is 0 Å². The van der Waals surface area contributed by atoms with E-state index in [2.05, 4.69) is 11.6 Å². The van der Waals surface area contributed by atoms with Crippen LogP contribution in [0.3, 0.4) is 0 Å². The number of nitro benzene ring substituents is 1. The zero-order chi connectivity index (χ0) is 19.4. The summed E-state index contributed by atoms with van der Waals surface area (Å²) in [5.41, 5.74) is 0.986. The molecule has 0 saturated carbocycles. The van der Waals surface area contributed by atoms with E-state index in [0.717, 1.165) is 0 Å². The van der Waals surface area contributed by atoms with E-state index in [4.69, 9.17) is 0 Å². The first-order chi connectivity index (χ1) is 13.0. The Morgan fingerprint density at radius 3 is 2.70 bits per heavy atom. The van der Waals surface area contributed by atoms with Crippen molar-refractivity contribution in [3.05, 3.63) is 87.5 Å². The highest BCUT2D eigenvalue weighted by atomic mass is 32.1. The Morgan fingerprint density at radius 1 is 1.30 bits per heavy atom. The molecule has 6 nitrogen and oxygen atoms in total. The van der Waals surface area contributed by atoms with E-state index in [-0.39, 0.29) is 11.5 Å². The third kappa shape index (κ3) is 4.06. The number of amides is 1. The van der Waals surface area contributed by atoms with Crippen molar-refractivity contribution in [1.29, 1.82) is 0 Å². The van der Waals surface area contributed by atoms with E-state index < -0.39 is 10.8 Å². The van der Waals surface area contributed by atoms with Crippen LogP contribution in [0.4, 0.5) is 10.1 Å². The summed E-state index contributed by atoms with van der Waals surface area (Å²) >= 11 is 1.21. The first kappa shape index (κ1) is 18.4. The van der Waals surface area contributed by atoms with Crippen LogP contribution in [0.25, 0.3) is 16.3 Å². The molecule has 0 radical (unpaired) electrons. The molecular formula is C19H14FN3O3S. The number of non-ortho nitro benzene ring substituents is 1. The predicted molar refractivity (Wildman–Crippen MR) is 103 cm³/mol. The molecule has 0 N–H and O–H groups in total. The lowest BCUT2D eigenvalue weighted by Gasteiger charge is -2.01. The molecule has 0 saturated heterocycles. The normalized spacial score (nSPS) is 12.0. The van der Waals surface area contributed by atoms with Crippen LogP contribution in [-0.2, 0) is 11.3 Å². The fraction of sp³-hybridized carbons (Fsp3) is 0.0526. The summed E-state index contributed by atoms with van der Waals surface area (Å²) in [4.78, 5) is 26.8. The molecule has 0 atom stereocenters. The van der Waals surface area contributed by atoms with Crippen molar-refractivity contribution in [1.82, 2.24) is 4.57 Å². The van der Waals surface area contributed by atoms with Crippen molar-refractivity contribution < 1.29 is 14.1 Å². The SMILES string of the molecule is C=CCn1c(=NC(=O)/C=C\c2ccc([N+](=O)[O-])cc2)sc2cccc(F)c21. The molecule has 3 aromatic rings. The van der Waals surface area contributed by atoms with Gasteiger partial charge in [0.15, 0.2) is 4.80 Å². The molecule has 136 valence electrons. The summed E-state index contributed by atoms with van der Waals surface area (Å²) < 4.78 is 16.4. The zero-order valence-electron chi connectivity index (χ0n) is 14.0. The topological polar surface area (TPSA) is 77.5 Å². The number of halogens is 1. The summed E-state index contributed by atoms with van der Waals surface area (Å²) in [5, 5.41) is 10.6. The van der Waals surface area contributed by atoms with Gasteiger partial charge in [0.25, 0.3) is 11.6 Å². The monoisotopic (exact) mass is 383 g/mol. The fourth-order valence-corrected chi connectivity index (χ4v) is 3.54. The second-order valence-corrected chi connectivity index (χ2v) is 6.51. The lowest BCUT2D eigenvalue weighted by molar-refractivity contribution is -0.384. The number of rotatable bonds is 5. The largest absolute Gasteiger partial charge is 0.310 e. The highest BCUT2D eigenvalue weighted by Gasteiger charge is 2.10. The third-order valence-corrected chi connectivity index (χ3v) is 4.74. The Balaban J connectivity index is 1.92. The zero-order valence-corrected chi connectivity index (χ0v) is 14.9. The van der Waals surface area contributed by atoms with Crippen LogP contribution in [-0.4, -0.2) is 15.4 Å². The first-order valence-corrected chi connectivity index (χ1v) is 8.71. The fourth-order valence-electron chi connectivity index (χ4n) is 2.48. The summed E-state index contributed by atoms with van der Waals surface area (Å²) in [7, 11) is 0. The smallest absolute Gasteiger partial charge is 0.272 e. The molecule has 0 unspecified atom stereocenters. The number of benzene rings is 2. The van der Waals surface area contributed by atoms with Gasteiger partial charge in [-0.25, -0.2) is 4.39 Å². The number of allylic oxidation sites excluding steroid dienone is 1. The predicted octanol–water partition coefficient (Wildman–Crippen LogP) is 4.08. The van der Waals surface area contributed by atoms with Gasteiger partial charge in [-0.15, -0.1) is 6.58 Å². The van der Waals surface area contributed by atoms with Crippen molar-refractivity contribution in [2.75, 3.05) is 0 Å². The minimum Gasteiger partial charge on any atom is -0.310 e. The first-order valence-electron chi connectivity index (χ1n) is 7.89. The van der Waals surface area contributed by atoms with Crippen LogP contribution in [0.15, 0.2) is 66.2 Å². The number of nitrogens with zero attached hydrogens (tertiary/aromatic N) is 3. The van der Waals surface area contributed by atoms with E-state index in [1.54, 1.807) is 22.8 Å². The number of carbonyl (C=O) groups is 1. The molecular weight excluding hydrogens is 369 g/mol. The molecule has 1 amide bonds. The second kappa shape index (κ2) is 7.88. The van der Waals surface area contributed by atoms with Gasteiger partial charge in [0.1, 0.15) is 5.82 Å². The van der Waals surface area contributed by atoms with E-state index in [0.29, 0.717) is 27.1 Å². The third-order valence-electron chi connectivity index (χ3n) is 3.69. The molecule has 0 aliphatic rings. The molecule has 1 heterocycles. The van der Waals surface area contributed by atoms with Gasteiger partial charge in [-0.05, 0) is 35.9 Å². The van der Waals surface area contributed by atoms with E-state index in [1.807, 2.05) is 0 Å². The van der Waals surface area contributed by atoms with E-state index in [9.17, 15) is 19.3 Å². The molecule has 0 bridgehead atoms. The van der Waals surface area contributed by atoms with Gasteiger partial charge in [0.05, 0.1) is 15.1 Å². The number of thiazole rings is 1. The lowest BCUT2D eigenvalue weighted by atomic mass is 10.2. The van der Waals surface area contributed by atoms with E-state index >= 15 is 0 Å². The maximum Gasteiger partial charge on any atom is 0.272 e. The van der Waals surface area contributed by atoms with Gasteiger partial charge in [0.2, 0.25) is 0 Å². The Labute approximate surface area is 157 Å². The second-order valence-electron chi connectivity index (χ2n) is 5.50. The van der Waals surface area contributed by atoms with Crippen LogP contribution in [0.1, 0.15) is 5.56 Å². The molecule has 0 aliphatic carbocycles. The van der Waals surface area contributed by atoms with Gasteiger partial charge in [-0.3, -0.25) is 14.9 Å². The highest BCUT2D eigenvalue weighted by Crippen LogP contribution is 2.20. The summed E-state index contributed by atoms with van der Waals surface area (Å²) in [6.45, 7) is 3.98. The average Bonchev–Trinajstić information content (AvgIpc) is 2.99. The van der Waals surface area contributed by atoms with Crippen molar-refractivity contribution in [2.24, 2.45) is 4.99 Å².